The van der Waals surface area contributed by atoms with E-state index in [1.54, 1.807) is 15.9 Å². The summed E-state index contributed by atoms with van der Waals surface area (Å²) in [6, 6.07) is 30.3. The van der Waals surface area contributed by atoms with Gasteiger partial charge in [0.15, 0.2) is 5.82 Å². The molecule has 12 rings (SSSR count). The van der Waals surface area contributed by atoms with E-state index < -0.39 is 5.41 Å². The molecule has 0 N–H and O–H groups in total. The second-order valence-electron chi connectivity index (χ2n) is 19.5. The number of ether oxygens (including phenoxy) is 1. The number of carbonyl (C=O) groups is 4. The SMILES string of the molecule is Cn1cnc(-c2ccc(C3=CCN(C(=O)CN4CC[C@]5(CCN(c6ccc7c(c6)C=NC7)C5=O)C4)CC3)cc2)n1.O=C(OCc1ccccc1)N1CC[C@]2(CCN(c3ccc4c(c3)C=NC4)C2=O)C1. The summed E-state index contributed by atoms with van der Waals surface area (Å²) in [5, 5.41) is 4.37. The number of amides is 4. The van der Waals surface area contributed by atoms with Crippen LogP contribution < -0.4 is 9.80 Å². The van der Waals surface area contributed by atoms with Crippen molar-refractivity contribution in [2.24, 2.45) is 27.9 Å². The topological polar surface area (TPSA) is 149 Å². The Bertz CT molecular complexity index is 2910. The van der Waals surface area contributed by atoms with E-state index in [0.717, 1.165) is 84.8 Å². The smallest absolute Gasteiger partial charge is 0.410 e. The molecule has 7 aliphatic rings. The summed E-state index contributed by atoms with van der Waals surface area (Å²) in [5.74, 6) is 1.18. The zero-order valence-electron chi connectivity index (χ0n) is 39.0. The fourth-order valence-corrected chi connectivity index (χ4v) is 11.1. The van der Waals surface area contributed by atoms with E-state index >= 15 is 0 Å². The lowest BCUT2D eigenvalue weighted by atomic mass is 9.85. The van der Waals surface area contributed by atoms with Crippen molar-refractivity contribution >= 4 is 53.2 Å². The minimum Gasteiger partial charge on any atom is -0.445 e. The van der Waals surface area contributed by atoms with Gasteiger partial charge in [0, 0.05) is 82.2 Å². The summed E-state index contributed by atoms with van der Waals surface area (Å²) in [7, 11) is 1.86. The minimum absolute atomic E-state index is 0.116. The van der Waals surface area contributed by atoms with E-state index in [1.165, 1.54) is 22.3 Å². The lowest BCUT2D eigenvalue weighted by Crippen LogP contribution is -2.43. The van der Waals surface area contributed by atoms with E-state index in [1.807, 2.05) is 82.7 Å². The van der Waals surface area contributed by atoms with Crippen molar-refractivity contribution in [2.75, 3.05) is 68.7 Å². The number of aryl methyl sites for hydroxylation is 1. The largest absolute Gasteiger partial charge is 0.445 e. The standard InChI is InChI=1S/C31H33N7O2.C23H23N3O3/c1-35-21-33-29(34-35)24-4-2-22(3-5-24)23-8-12-37(13-9-23)28(39)19-36-14-10-31(20-36)11-15-38(30(31)40)27-7-6-25-17-32-18-26(25)16-27;27-21-23(9-11-26(21)20-7-6-18-13-24-14-19(18)12-20)8-10-25(16-23)22(28)29-15-17-4-2-1-3-5-17/h2-8,16,18,21H,9-15,17,19-20H2,1H3;1-7,12,14H,8-11,13,15-16H2/t31-;23-/m00/s1. The molecule has 352 valence electrons. The van der Waals surface area contributed by atoms with Crippen LogP contribution in [0, 0.1) is 10.8 Å². The van der Waals surface area contributed by atoms with Crippen LogP contribution in [0.15, 0.2) is 113 Å². The van der Waals surface area contributed by atoms with Crippen LogP contribution in [0.2, 0.25) is 0 Å². The third-order valence-electron chi connectivity index (χ3n) is 15.2. The predicted octanol–water partition coefficient (Wildman–Crippen LogP) is 6.54. The maximum atomic E-state index is 13.6. The fourth-order valence-electron chi connectivity index (χ4n) is 11.1. The second-order valence-corrected chi connectivity index (χ2v) is 19.5. The Balaban J connectivity index is 0.000000159. The van der Waals surface area contributed by atoms with Crippen LogP contribution in [-0.2, 0) is 45.9 Å². The lowest BCUT2D eigenvalue weighted by Gasteiger charge is -2.29. The highest BCUT2D eigenvalue weighted by Gasteiger charge is 2.53. The van der Waals surface area contributed by atoms with Crippen molar-refractivity contribution < 1.29 is 23.9 Å². The van der Waals surface area contributed by atoms with Crippen LogP contribution in [-0.4, -0.2) is 125 Å². The molecule has 69 heavy (non-hydrogen) atoms. The molecule has 4 amide bonds. The van der Waals surface area contributed by atoms with Gasteiger partial charge in [-0.2, -0.15) is 5.10 Å². The molecule has 0 bridgehead atoms. The predicted molar refractivity (Wildman–Crippen MR) is 264 cm³/mol. The van der Waals surface area contributed by atoms with Crippen molar-refractivity contribution in [3.63, 3.8) is 0 Å². The molecule has 0 unspecified atom stereocenters. The Morgan fingerprint density at radius 2 is 1.30 bits per heavy atom. The van der Waals surface area contributed by atoms with E-state index in [-0.39, 0.29) is 35.8 Å². The summed E-state index contributed by atoms with van der Waals surface area (Å²) in [6.45, 7) is 7.24. The quantitative estimate of drug-likeness (QED) is 0.170. The molecule has 2 spiro atoms. The van der Waals surface area contributed by atoms with Gasteiger partial charge in [-0.15, -0.1) is 0 Å². The van der Waals surface area contributed by atoms with Gasteiger partial charge in [0.05, 0.1) is 30.5 Å². The first-order chi connectivity index (χ1) is 33.6. The molecule has 0 radical (unpaired) electrons. The number of hydrogen-bond acceptors (Lipinski definition) is 10. The Morgan fingerprint density at radius 1 is 0.681 bits per heavy atom. The number of benzene rings is 4. The highest BCUT2D eigenvalue weighted by molar-refractivity contribution is 6.02. The number of nitrogens with zero attached hydrogens (tertiary/aromatic N) is 10. The van der Waals surface area contributed by atoms with Gasteiger partial charge in [0.1, 0.15) is 12.9 Å². The van der Waals surface area contributed by atoms with Crippen LogP contribution in [0.5, 0.6) is 0 Å². The number of likely N-dealkylation sites (tertiary alicyclic amines) is 2. The van der Waals surface area contributed by atoms with Gasteiger partial charge in [-0.3, -0.25) is 34.0 Å². The first kappa shape index (κ1) is 44.3. The molecule has 0 aliphatic carbocycles. The van der Waals surface area contributed by atoms with E-state index in [2.05, 4.69) is 73.5 Å². The third-order valence-corrected chi connectivity index (χ3v) is 15.2. The van der Waals surface area contributed by atoms with E-state index in [9.17, 15) is 19.2 Å². The monoisotopic (exact) mass is 924 g/mol. The number of aliphatic imine (C=N–C) groups is 2. The Kier molecular flexibility index (Phi) is 11.8. The maximum Gasteiger partial charge on any atom is 0.410 e. The second kappa shape index (κ2) is 18.3. The molecule has 5 aromatic rings. The zero-order valence-corrected chi connectivity index (χ0v) is 39.0. The van der Waals surface area contributed by atoms with Crippen molar-refractivity contribution in [1.29, 1.82) is 0 Å². The molecular weight excluding hydrogens is 869 g/mol. The molecule has 8 heterocycles. The molecule has 15 heteroatoms. The van der Waals surface area contributed by atoms with Crippen molar-refractivity contribution in [1.82, 2.24) is 29.5 Å². The molecular formula is C54H56N10O5. The number of anilines is 2. The minimum atomic E-state index is -0.487. The van der Waals surface area contributed by atoms with Gasteiger partial charge < -0.3 is 24.3 Å². The maximum absolute atomic E-state index is 13.6. The Labute approximate surface area is 401 Å². The van der Waals surface area contributed by atoms with Gasteiger partial charge >= 0.3 is 6.09 Å². The van der Waals surface area contributed by atoms with Gasteiger partial charge in [-0.1, -0.05) is 72.8 Å². The molecule has 2 atom stereocenters. The number of carbonyl (C=O) groups excluding carboxylic acids is 4. The first-order valence-electron chi connectivity index (χ1n) is 24.1. The molecule has 0 saturated carbocycles. The van der Waals surface area contributed by atoms with Crippen molar-refractivity contribution in [3.05, 3.63) is 137 Å². The molecule has 4 saturated heterocycles. The van der Waals surface area contributed by atoms with Crippen LogP contribution in [0.25, 0.3) is 17.0 Å². The molecule has 1 aromatic heterocycles. The molecule has 4 aromatic carbocycles. The summed E-state index contributed by atoms with van der Waals surface area (Å²) >= 11 is 0. The number of hydrogen-bond donors (Lipinski definition) is 0. The number of aromatic nitrogens is 3. The molecule has 4 fully saturated rings. The molecule has 15 nitrogen and oxygen atoms in total. The Morgan fingerprint density at radius 3 is 1.93 bits per heavy atom. The van der Waals surface area contributed by atoms with Crippen LogP contribution >= 0.6 is 0 Å². The Hall–Kier alpha value is -7.26. The van der Waals surface area contributed by atoms with Gasteiger partial charge in [0.25, 0.3) is 0 Å². The zero-order chi connectivity index (χ0) is 47.1. The highest BCUT2D eigenvalue weighted by Crippen LogP contribution is 2.44. The van der Waals surface area contributed by atoms with Crippen molar-refractivity contribution in [2.45, 2.75) is 51.8 Å². The van der Waals surface area contributed by atoms with Gasteiger partial charge in [-0.05, 0) is 102 Å². The van der Waals surface area contributed by atoms with Crippen LogP contribution in [0.1, 0.15) is 65.5 Å². The van der Waals surface area contributed by atoms with Gasteiger partial charge in [-0.25, -0.2) is 9.78 Å². The fraction of sp³-hybridized carbons (Fsp3) is 0.370. The van der Waals surface area contributed by atoms with Gasteiger partial charge in [0.2, 0.25) is 17.7 Å². The number of fused-ring (bicyclic) bond motifs is 2. The normalized spacial score (nSPS) is 22.5. The summed E-state index contributed by atoms with van der Waals surface area (Å²) in [4.78, 5) is 75.2. The highest BCUT2D eigenvalue weighted by atomic mass is 16.6. The third kappa shape index (κ3) is 8.75. The summed E-state index contributed by atoms with van der Waals surface area (Å²) < 4.78 is 7.16. The van der Waals surface area contributed by atoms with E-state index in [4.69, 9.17) is 4.74 Å². The van der Waals surface area contributed by atoms with Crippen LogP contribution in [0.3, 0.4) is 0 Å². The first-order valence-corrected chi connectivity index (χ1v) is 24.1. The lowest BCUT2D eigenvalue weighted by molar-refractivity contribution is -0.132. The molecule has 7 aliphatic heterocycles. The van der Waals surface area contributed by atoms with E-state index in [0.29, 0.717) is 58.8 Å². The number of rotatable bonds is 8. The van der Waals surface area contributed by atoms with Crippen LogP contribution in [0.4, 0.5) is 16.2 Å². The summed E-state index contributed by atoms with van der Waals surface area (Å²) in [5.41, 5.74) is 10.0. The average Bonchev–Trinajstić information content (AvgIpc) is 4.27. The van der Waals surface area contributed by atoms with Crippen molar-refractivity contribution in [3.8, 4) is 11.4 Å². The summed E-state index contributed by atoms with van der Waals surface area (Å²) in [6.07, 6.45) is 11.2. The average molecular weight is 925 g/mol.